The van der Waals surface area contributed by atoms with E-state index in [9.17, 15) is 9.59 Å². The average molecular weight is 283 g/mol. The number of amides is 1. The summed E-state index contributed by atoms with van der Waals surface area (Å²) < 4.78 is 0. The Morgan fingerprint density at radius 3 is 2.74 bits per heavy atom. The Bertz CT molecular complexity index is 519. The molecule has 2 unspecified atom stereocenters. The van der Waals surface area contributed by atoms with E-state index in [2.05, 4.69) is 10.3 Å². The van der Waals surface area contributed by atoms with Gasteiger partial charge in [-0.15, -0.1) is 0 Å². The summed E-state index contributed by atoms with van der Waals surface area (Å²) in [5.74, 6) is -2.20. The molecule has 102 valence electrons. The third-order valence-corrected chi connectivity index (χ3v) is 3.85. The van der Waals surface area contributed by atoms with Crippen LogP contribution < -0.4 is 5.32 Å². The highest BCUT2D eigenvalue weighted by Gasteiger charge is 2.37. The lowest BCUT2D eigenvalue weighted by atomic mass is 9.95. The van der Waals surface area contributed by atoms with Gasteiger partial charge in [0.2, 0.25) is 5.91 Å². The molecule has 1 heterocycles. The first-order valence-electron chi connectivity index (χ1n) is 6.15. The lowest BCUT2D eigenvalue weighted by Gasteiger charge is -2.15. The molecule has 2 atom stereocenters. The van der Waals surface area contributed by atoms with E-state index < -0.39 is 17.8 Å². The topological polar surface area (TPSA) is 79.3 Å². The quantitative estimate of drug-likeness (QED) is 0.835. The molecule has 1 saturated carbocycles. The van der Waals surface area contributed by atoms with Crippen molar-refractivity contribution in [2.24, 2.45) is 11.8 Å². The second-order valence-corrected chi connectivity index (χ2v) is 5.16. The van der Waals surface area contributed by atoms with Crippen molar-refractivity contribution >= 4 is 29.2 Å². The highest BCUT2D eigenvalue weighted by Crippen LogP contribution is 2.33. The molecular weight excluding hydrogens is 268 g/mol. The Labute approximate surface area is 116 Å². The highest BCUT2D eigenvalue weighted by molar-refractivity contribution is 6.30. The lowest BCUT2D eigenvalue weighted by Crippen LogP contribution is -2.30. The number of aromatic nitrogens is 1. The second-order valence-electron chi connectivity index (χ2n) is 4.80. The minimum atomic E-state index is -0.900. The van der Waals surface area contributed by atoms with Gasteiger partial charge in [-0.25, -0.2) is 4.98 Å². The number of pyridine rings is 1. The Morgan fingerprint density at radius 2 is 2.11 bits per heavy atom. The molecule has 0 bridgehead atoms. The fourth-order valence-electron chi connectivity index (χ4n) is 2.43. The van der Waals surface area contributed by atoms with E-state index in [0.717, 1.165) is 12.0 Å². The van der Waals surface area contributed by atoms with E-state index in [0.29, 0.717) is 23.7 Å². The van der Waals surface area contributed by atoms with E-state index in [1.54, 1.807) is 13.0 Å². The first-order chi connectivity index (χ1) is 8.99. The van der Waals surface area contributed by atoms with Crippen LogP contribution in [0.3, 0.4) is 0 Å². The third-order valence-electron chi connectivity index (χ3n) is 3.45. The monoisotopic (exact) mass is 282 g/mol. The van der Waals surface area contributed by atoms with Crippen LogP contribution in [0.15, 0.2) is 12.3 Å². The van der Waals surface area contributed by atoms with Gasteiger partial charge in [-0.1, -0.05) is 18.0 Å². The predicted molar refractivity (Wildman–Crippen MR) is 71.1 cm³/mol. The summed E-state index contributed by atoms with van der Waals surface area (Å²) in [6.45, 7) is 1.79. The molecule has 5 nitrogen and oxygen atoms in total. The predicted octanol–water partition coefficient (Wildman–Crippen LogP) is 2.48. The first kappa shape index (κ1) is 13.8. The van der Waals surface area contributed by atoms with E-state index in [-0.39, 0.29) is 5.91 Å². The van der Waals surface area contributed by atoms with Crippen LogP contribution in [0, 0.1) is 18.8 Å². The normalized spacial score (nSPS) is 22.2. The zero-order chi connectivity index (χ0) is 14.0. The van der Waals surface area contributed by atoms with Gasteiger partial charge in [-0.3, -0.25) is 9.59 Å². The van der Waals surface area contributed by atoms with Crippen molar-refractivity contribution in [3.05, 3.63) is 23.0 Å². The zero-order valence-corrected chi connectivity index (χ0v) is 11.3. The number of rotatable bonds is 3. The Kier molecular flexibility index (Phi) is 4.04. The van der Waals surface area contributed by atoms with Gasteiger partial charge < -0.3 is 10.4 Å². The smallest absolute Gasteiger partial charge is 0.307 e. The summed E-state index contributed by atoms with van der Waals surface area (Å²) in [6, 6.07) is 1.72. The van der Waals surface area contributed by atoms with Gasteiger partial charge in [0.1, 0.15) is 5.15 Å². The number of anilines is 1. The van der Waals surface area contributed by atoms with Crippen molar-refractivity contribution in [1.29, 1.82) is 0 Å². The van der Waals surface area contributed by atoms with Gasteiger partial charge in [0.05, 0.1) is 23.7 Å². The molecule has 1 aromatic rings. The largest absolute Gasteiger partial charge is 0.481 e. The van der Waals surface area contributed by atoms with Crippen LogP contribution in [0.25, 0.3) is 0 Å². The maximum absolute atomic E-state index is 12.1. The molecule has 0 aromatic carbocycles. The van der Waals surface area contributed by atoms with Crippen molar-refractivity contribution in [2.75, 3.05) is 5.32 Å². The number of aryl methyl sites for hydroxylation is 1. The molecule has 0 spiro atoms. The van der Waals surface area contributed by atoms with Crippen molar-refractivity contribution in [2.45, 2.75) is 26.2 Å². The number of nitrogens with zero attached hydrogens (tertiary/aromatic N) is 1. The van der Waals surface area contributed by atoms with Gasteiger partial charge in [0.25, 0.3) is 0 Å². The summed E-state index contributed by atoms with van der Waals surface area (Å²) in [5.41, 5.74) is 1.31. The summed E-state index contributed by atoms with van der Waals surface area (Å²) >= 11 is 5.81. The number of hydrogen-bond acceptors (Lipinski definition) is 3. The molecule has 1 aliphatic rings. The van der Waals surface area contributed by atoms with Crippen molar-refractivity contribution in [3.63, 3.8) is 0 Å². The first-order valence-corrected chi connectivity index (χ1v) is 6.52. The maximum Gasteiger partial charge on any atom is 0.307 e. The van der Waals surface area contributed by atoms with Crippen LogP contribution in [0.1, 0.15) is 24.8 Å². The number of carbonyl (C=O) groups is 2. The Morgan fingerprint density at radius 1 is 1.42 bits per heavy atom. The van der Waals surface area contributed by atoms with Crippen LogP contribution in [0.5, 0.6) is 0 Å². The van der Waals surface area contributed by atoms with Gasteiger partial charge in [-0.05, 0) is 31.4 Å². The van der Waals surface area contributed by atoms with Gasteiger partial charge >= 0.3 is 5.97 Å². The number of carbonyl (C=O) groups excluding carboxylic acids is 1. The fourth-order valence-corrected chi connectivity index (χ4v) is 2.53. The molecule has 1 fully saturated rings. The molecule has 1 aliphatic carbocycles. The van der Waals surface area contributed by atoms with Crippen molar-refractivity contribution in [1.82, 2.24) is 4.98 Å². The van der Waals surface area contributed by atoms with E-state index >= 15 is 0 Å². The number of carboxylic acids is 1. The molecule has 1 aromatic heterocycles. The molecule has 0 aliphatic heterocycles. The summed E-state index contributed by atoms with van der Waals surface area (Å²) in [5, 5.41) is 12.2. The van der Waals surface area contributed by atoms with Crippen LogP contribution in [0.2, 0.25) is 5.15 Å². The number of aliphatic carboxylic acids is 1. The van der Waals surface area contributed by atoms with Crippen molar-refractivity contribution in [3.8, 4) is 0 Å². The molecule has 2 rings (SSSR count). The molecule has 2 N–H and O–H groups in total. The average Bonchev–Trinajstić information content (AvgIpc) is 2.83. The van der Waals surface area contributed by atoms with Crippen LogP contribution in [-0.4, -0.2) is 22.0 Å². The Balaban J connectivity index is 2.08. The summed E-state index contributed by atoms with van der Waals surface area (Å²) in [4.78, 5) is 27.1. The lowest BCUT2D eigenvalue weighted by molar-refractivity contribution is -0.145. The molecular formula is C13H15ClN2O3. The standard InChI is InChI=1S/C13H15ClN2O3/c1-7-5-8(6-15-11(7)14)16-12(17)9-3-2-4-10(9)13(18)19/h5-6,9-10H,2-4H2,1H3,(H,16,17)(H,18,19). The fraction of sp³-hybridized carbons (Fsp3) is 0.462. The van der Waals surface area contributed by atoms with Crippen molar-refractivity contribution < 1.29 is 14.7 Å². The number of hydrogen-bond donors (Lipinski definition) is 2. The Hall–Kier alpha value is -1.62. The van der Waals surface area contributed by atoms with Crippen LogP contribution >= 0.6 is 11.6 Å². The second kappa shape index (κ2) is 5.57. The number of halogens is 1. The van der Waals surface area contributed by atoms with Gasteiger partial charge in [-0.2, -0.15) is 0 Å². The third kappa shape index (κ3) is 3.04. The van der Waals surface area contributed by atoms with E-state index in [4.69, 9.17) is 16.7 Å². The van der Waals surface area contributed by atoms with E-state index in [1.165, 1.54) is 6.20 Å². The van der Waals surface area contributed by atoms with Gasteiger partial charge in [0.15, 0.2) is 0 Å². The van der Waals surface area contributed by atoms with Crippen LogP contribution in [0.4, 0.5) is 5.69 Å². The van der Waals surface area contributed by atoms with Crippen LogP contribution in [-0.2, 0) is 9.59 Å². The van der Waals surface area contributed by atoms with Gasteiger partial charge in [0, 0.05) is 0 Å². The molecule has 19 heavy (non-hydrogen) atoms. The molecule has 1 amide bonds. The highest BCUT2D eigenvalue weighted by atomic mass is 35.5. The molecule has 0 saturated heterocycles. The SMILES string of the molecule is Cc1cc(NC(=O)C2CCCC2C(=O)O)cnc1Cl. The van der Waals surface area contributed by atoms with E-state index in [1.807, 2.05) is 0 Å². The summed E-state index contributed by atoms with van der Waals surface area (Å²) in [6.07, 6.45) is 3.42. The minimum Gasteiger partial charge on any atom is -0.481 e. The minimum absolute atomic E-state index is 0.256. The number of carboxylic acid groups (broad SMARTS) is 1. The number of nitrogens with one attached hydrogen (secondary N) is 1. The maximum atomic E-state index is 12.1. The zero-order valence-electron chi connectivity index (χ0n) is 10.5. The molecule has 6 heteroatoms. The molecule has 0 radical (unpaired) electrons. The summed E-state index contributed by atoms with van der Waals surface area (Å²) in [7, 11) is 0.